The van der Waals surface area contributed by atoms with Crippen molar-refractivity contribution in [2.24, 2.45) is 0 Å². The summed E-state index contributed by atoms with van der Waals surface area (Å²) in [5.41, 5.74) is -0.542. The number of hydrogen-bond acceptors (Lipinski definition) is 8. The van der Waals surface area contributed by atoms with Crippen molar-refractivity contribution < 1.29 is 27.5 Å². The predicted octanol–water partition coefficient (Wildman–Crippen LogP) is 2.66. The number of benzene rings is 1. The maximum atomic E-state index is 12.7. The highest BCUT2D eigenvalue weighted by atomic mass is 32.2. The minimum atomic E-state index is -3.93. The highest BCUT2D eigenvalue weighted by Gasteiger charge is 2.26. The van der Waals surface area contributed by atoms with Crippen molar-refractivity contribution in [1.82, 2.24) is 9.71 Å². The van der Waals surface area contributed by atoms with Gasteiger partial charge >= 0.3 is 5.97 Å². The smallest absolute Gasteiger partial charge is 0.357 e. The molecule has 0 bridgehead atoms. The third kappa shape index (κ3) is 5.99. The monoisotopic (exact) mass is 441 g/mol. The molecule has 158 valence electrons. The zero-order valence-electron chi connectivity index (χ0n) is 16.7. The Morgan fingerprint density at radius 3 is 2.52 bits per heavy atom. The zero-order valence-corrected chi connectivity index (χ0v) is 18.4. The summed E-state index contributed by atoms with van der Waals surface area (Å²) in [7, 11) is -2.59. The summed E-state index contributed by atoms with van der Waals surface area (Å²) in [6, 6.07) is 4.06. The first kappa shape index (κ1) is 22.8. The second-order valence-corrected chi connectivity index (χ2v) is 9.44. The lowest BCUT2D eigenvalue weighted by Gasteiger charge is -2.21. The Morgan fingerprint density at radius 2 is 1.93 bits per heavy atom. The molecule has 2 N–H and O–H groups in total. The number of anilines is 1. The Balaban J connectivity index is 2.29. The van der Waals surface area contributed by atoms with Gasteiger partial charge < -0.3 is 9.47 Å². The first-order valence-corrected chi connectivity index (χ1v) is 11.0. The molecule has 1 amide bonds. The molecule has 0 saturated heterocycles. The van der Waals surface area contributed by atoms with Gasteiger partial charge in [-0.15, -0.1) is 11.3 Å². The van der Waals surface area contributed by atoms with E-state index in [0.29, 0.717) is 0 Å². The van der Waals surface area contributed by atoms with Gasteiger partial charge in [-0.05, 0) is 45.9 Å². The van der Waals surface area contributed by atoms with Crippen LogP contribution < -0.4 is 14.8 Å². The van der Waals surface area contributed by atoms with Crippen molar-refractivity contribution in [3.8, 4) is 5.75 Å². The molecule has 0 atom stereocenters. The minimum absolute atomic E-state index is 0.0829. The maximum Gasteiger partial charge on any atom is 0.357 e. The molecular formula is C18H23N3O6S2. The van der Waals surface area contributed by atoms with Crippen molar-refractivity contribution in [1.29, 1.82) is 0 Å². The molecule has 11 heteroatoms. The Morgan fingerprint density at radius 1 is 1.24 bits per heavy atom. The number of sulfonamides is 1. The van der Waals surface area contributed by atoms with Gasteiger partial charge in [0, 0.05) is 16.5 Å². The van der Waals surface area contributed by atoms with Gasteiger partial charge in [-0.25, -0.2) is 22.9 Å². The fourth-order valence-electron chi connectivity index (χ4n) is 2.29. The molecular weight excluding hydrogens is 418 g/mol. The van der Waals surface area contributed by atoms with Crippen LogP contribution in [0.4, 0.5) is 5.13 Å². The average Bonchev–Trinajstić information content (AvgIpc) is 3.08. The molecule has 0 fully saturated rings. The van der Waals surface area contributed by atoms with Crippen LogP contribution in [0.5, 0.6) is 5.75 Å². The van der Waals surface area contributed by atoms with Crippen LogP contribution in [0.3, 0.4) is 0 Å². The molecule has 1 heterocycles. The highest BCUT2D eigenvalue weighted by Crippen LogP contribution is 2.27. The standard InChI is InChI=1S/C18H23N3O6S2/c1-6-27-16(23)12-10-28-17(19-12)20-15(22)11-7-8-13(26-5)14(9-11)29(24,25)21-18(2,3)4/h7-10,21H,6H2,1-5H3,(H,19,20,22). The van der Waals surface area contributed by atoms with Gasteiger partial charge in [-0.2, -0.15) is 0 Å². The summed E-state index contributed by atoms with van der Waals surface area (Å²) in [5.74, 6) is -1.06. The quantitative estimate of drug-likeness (QED) is 0.633. The SMILES string of the molecule is CCOC(=O)c1csc(NC(=O)c2ccc(OC)c(S(=O)(=O)NC(C)(C)C)c2)n1. The average molecular weight is 442 g/mol. The lowest BCUT2D eigenvalue weighted by atomic mass is 10.1. The number of amides is 1. The van der Waals surface area contributed by atoms with Gasteiger partial charge in [0.05, 0.1) is 13.7 Å². The van der Waals surface area contributed by atoms with Gasteiger partial charge in [0.2, 0.25) is 10.0 Å². The van der Waals surface area contributed by atoms with Crippen LogP contribution in [0.15, 0.2) is 28.5 Å². The predicted molar refractivity (Wildman–Crippen MR) is 109 cm³/mol. The third-order valence-electron chi connectivity index (χ3n) is 3.37. The fraction of sp³-hybridized carbons (Fsp3) is 0.389. The molecule has 2 aromatic rings. The number of ether oxygens (including phenoxy) is 2. The van der Waals surface area contributed by atoms with Crippen LogP contribution in [-0.4, -0.2) is 44.5 Å². The number of thiazole rings is 1. The van der Waals surface area contributed by atoms with Crippen LogP contribution in [-0.2, 0) is 14.8 Å². The Hall–Kier alpha value is -2.50. The summed E-state index contributed by atoms with van der Waals surface area (Å²) in [5, 5.41) is 4.19. The van der Waals surface area contributed by atoms with Gasteiger partial charge in [0.25, 0.3) is 5.91 Å². The summed E-state index contributed by atoms with van der Waals surface area (Å²) >= 11 is 1.05. The summed E-state index contributed by atoms with van der Waals surface area (Å²) in [4.78, 5) is 28.1. The van der Waals surface area contributed by atoms with Gasteiger partial charge in [0.15, 0.2) is 10.8 Å². The van der Waals surface area contributed by atoms with Gasteiger partial charge in [-0.1, -0.05) is 0 Å². The Labute approximate surface area is 173 Å². The molecule has 2 rings (SSSR count). The van der Waals surface area contributed by atoms with E-state index in [1.54, 1.807) is 27.7 Å². The third-order valence-corrected chi connectivity index (χ3v) is 5.90. The molecule has 1 aromatic heterocycles. The van der Waals surface area contributed by atoms with E-state index in [1.807, 2.05) is 0 Å². The second-order valence-electron chi connectivity index (χ2n) is 6.93. The van der Waals surface area contributed by atoms with E-state index in [2.05, 4.69) is 15.0 Å². The molecule has 0 unspecified atom stereocenters. The number of esters is 1. The second kappa shape index (κ2) is 8.89. The van der Waals surface area contributed by atoms with Crippen LogP contribution in [0, 0.1) is 0 Å². The van der Waals surface area contributed by atoms with Gasteiger partial charge in [-0.3, -0.25) is 10.1 Å². The van der Waals surface area contributed by atoms with Crippen molar-refractivity contribution in [3.05, 3.63) is 34.8 Å². The van der Waals surface area contributed by atoms with E-state index in [0.717, 1.165) is 11.3 Å². The number of hydrogen-bond donors (Lipinski definition) is 2. The summed E-state index contributed by atoms with van der Waals surface area (Å²) in [6.45, 7) is 7.01. The van der Waals surface area contributed by atoms with Crippen LogP contribution in [0.2, 0.25) is 0 Å². The van der Waals surface area contributed by atoms with Crippen molar-refractivity contribution in [3.63, 3.8) is 0 Å². The van der Waals surface area contributed by atoms with E-state index in [9.17, 15) is 18.0 Å². The first-order valence-electron chi connectivity index (χ1n) is 8.63. The van der Waals surface area contributed by atoms with Crippen molar-refractivity contribution >= 4 is 38.4 Å². The Bertz CT molecular complexity index is 1010. The normalized spacial score (nSPS) is 11.8. The molecule has 1 aromatic carbocycles. The molecule has 0 spiro atoms. The number of carbonyl (C=O) groups excluding carboxylic acids is 2. The Kier molecular flexibility index (Phi) is 6.98. The topological polar surface area (TPSA) is 124 Å². The zero-order chi connectivity index (χ0) is 21.8. The molecule has 0 radical (unpaired) electrons. The molecule has 0 aliphatic carbocycles. The number of nitrogens with zero attached hydrogens (tertiary/aromatic N) is 1. The van der Waals surface area contributed by atoms with Crippen molar-refractivity contribution in [2.75, 3.05) is 19.0 Å². The van der Waals surface area contributed by atoms with Gasteiger partial charge in [0.1, 0.15) is 10.6 Å². The first-order chi connectivity index (χ1) is 13.5. The number of carbonyl (C=O) groups is 2. The lowest BCUT2D eigenvalue weighted by molar-refractivity contribution is 0.0520. The van der Waals surface area contributed by atoms with Crippen LogP contribution >= 0.6 is 11.3 Å². The summed E-state index contributed by atoms with van der Waals surface area (Å²) in [6.07, 6.45) is 0. The number of methoxy groups -OCH3 is 1. The maximum absolute atomic E-state index is 12.7. The highest BCUT2D eigenvalue weighted by molar-refractivity contribution is 7.89. The van der Waals surface area contributed by atoms with Crippen molar-refractivity contribution in [2.45, 2.75) is 38.1 Å². The van der Waals surface area contributed by atoms with E-state index in [1.165, 1.54) is 30.7 Å². The van der Waals surface area contributed by atoms with E-state index < -0.39 is 27.4 Å². The largest absolute Gasteiger partial charge is 0.495 e. The molecule has 29 heavy (non-hydrogen) atoms. The molecule has 9 nitrogen and oxygen atoms in total. The number of rotatable bonds is 7. The number of nitrogens with one attached hydrogen (secondary N) is 2. The van der Waals surface area contributed by atoms with E-state index >= 15 is 0 Å². The number of aromatic nitrogens is 1. The van der Waals surface area contributed by atoms with E-state index in [4.69, 9.17) is 9.47 Å². The minimum Gasteiger partial charge on any atom is -0.495 e. The molecule has 0 aliphatic heterocycles. The van der Waals surface area contributed by atoms with Crippen LogP contribution in [0.1, 0.15) is 48.5 Å². The summed E-state index contributed by atoms with van der Waals surface area (Å²) < 4.78 is 38.0. The molecule has 0 saturated carbocycles. The fourth-order valence-corrected chi connectivity index (χ4v) is 4.57. The van der Waals surface area contributed by atoms with E-state index in [-0.39, 0.29) is 33.6 Å². The lowest BCUT2D eigenvalue weighted by Crippen LogP contribution is -2.40. The van der Waals surface area contributed by atoms with Crippen LogP contribution in [0.25, 0.3) is 0 Å². The molecule has 0 aliphatic rings.